The van der Waals surface area contributed by atoms with Crippen molar-refractivity contribution in [1.82, 2.24) is 4.90 Å². The molecule has 7 heteroatoms. The molecule has 1 fully saturated rings. The fourth-order valence-electron chi connectivity index (χ4n) is 1.41. The quantitative estimate of drug-likeness (QED) is 0.526. The average molecular weight is 239 g/mol. The summed E-state index contributed by atoms with van der Waals surface area (Å²) in [7, 11) is -3.90. The van der Waals surface area contributed by atoms with Crippen LogP contribution < -0.4 is 0 Å². The van der Waals surface area contributed by atoms with Gasteiger partial charge in [-0.25, -0.2) is 0 Å². The number of hydrogen-bond acceptors (Lipinski definition) is 4. The van der Waals surface area contributed by atoms with E-state index in [-0.39, 0.29) is 23.3 Å². The summed E-state index contributed by atoms with van der Waals surface area (Å²) in [4.78, 5) is 12.8. The number of carbonyl (C=O) groups excluding carboxylic acids is 1. The van der Waals surface area contributed by atoms with Crippen LogP contribution in [-0.2, 0) is 14.9 Å². The van der Waals surface area contributed by atoms with E-state index in [0.29, 0.717) is 19.5 Å². The van der Waals surface area contributed by atoms with Gasteiger partial charge in [0.25, 0.3) is 10.1 Å². The van der Waals surface area contributed by atoms with Crippen LogP contribution in [0.5, 0.6) is 0 Å². The van der Waals surface area contributed by atoms with Crippen LogP contribution in [0.4, 0.5) is 0 Å². The maximum absolute atomic E-state index is 11.2. The molecule has 0 saturated carbocycles. The predicted molar refractivity (Wildman–Crippen MR) is 55.0 cm³/mol. The molecule has 1 aliphatic heterocycles. The van der Waals surface area contributed by atoms with Crippen molar-refractivity contribution in [3.05, 3.63) is 0 Å². The lowest BCUT2D eigenvalue weighted by Crippen LogP contribution is -2.27. The third kappa shape index (κ3) is 3.85. The van der Waals surface area contributed by atoms with Crippen molar-refractivity contribution in [2.24, 2.45) is 0 Å². The molecule has 1 N–H and O–H groups in total. The Bertz CT molecular complexity index is 314. The standard InChI is InChI=1S/C7H13NO4S2/c9-7-4-6(13)5-8(7)2-1-3-14(10,11)12/h6,13H,1-5H2,(H,10,11,12). The Morgan fingerprint density at radius 2 is 2.21 bits per heavy atom. The Kier molecular flexibility index (Phi) is 3.79. The van der Waals surface area contributed by atoms with Crippen LogP contribution in [0.15, 0.2) is 0 Å². The van der Waals surface area contributed by atoms with E-state index in [1.807, 2.05) is 0 Å². The second-order valence-corrected chi connectivity index (χ2v) is 5.64. The first kappa shape index (κ1) is 11.8. The highest BCUT2D eigenvalue weighted by Gasteiger charge is 2.26. The van der Waals surface area contributed by atoms with E-state index in [9.17, 15) is 13.2 Å². The molecule has 0 aromatic heterocycles. The number of nitrogens with zero attached hydrogens (tertiary/aromatic N) is 1. The summed E-state index contributed by atoms with van der Waals surface area (Å²) in [6.45, 7) is 0.934. The zero-order valence-corrected chi connectivity index (χ0v) is 9.30. The van der Waals surface area contributed by atoms with E-state index in [4.69, 9.17) is 4.55 Å². The molecular weight excluding hydrogens is 226 g/mol. The van der Waals surface area contributed by atoms with Gasteiger partial charge in [-0.3, -0.25) is 9.35 Å². The van der Waals surface area contributed by atoms with Crippen LogP contribution >= 0.6 is 12.6 Å². The van der Waals surface area contributed by atoms with Gasteiger partial charge < -0.3 is 4.90 Å². The number of carbonyl (C=O) groups is 1. The van der Waals surface area contributed by atoms with Crippen LogP contribution in [0.2, 0.25) is 0 Å². The average Bonchev–Trinajstić information content (AvgIpc) is 2.27. The van der Waals surface area contributed by atoms with Crippen molar-refractivity contribution in [2.75, 3.05) is 18.8 Å². The van der Waals surface area contributed by atoms with E-state index in [2.05, 4.69) is 12.6 Å². The fourth-order valence-corrected chi connectivity index (χ4v) is 2.25. The molecule has 0 aromatic carbocycles. The van der Waals surface area contributed by atoms with Crippen LogP contribution in [0.1, 0.15) is 12.8 Å². The Labute approximate surface area is 88.6 Å². The molecule has 5 nitrogen and oxygen atoms in total. The van der Waals surface area contributed by atoms with Crippen LogP contribution in [-0.4, -0.2) is 47.9 Å². The molecule has 0 spiro atoms. The van der Waals surface area contributed by atoms with Crippen molar-refractivity contribution in [2.45, 2.75) is 18.1 Å². The lowest BCUT2D eigenvalue weighted by molar-refractivity contribution is -0.127. The molecule has 0 aliphatic carbocycles. The highest BCUT2D eigenvalue weighted by molar-refractivity contribution is 7.85. The van der Waals surface area contributed by atoms with Gasteiger partial charge in [-0.15, -0.1) is 0 Å². The summed E-state index contributed by atoms with van der Waals surface area (Å²) in [5.74, 6) is -0.297. The minimum Gasteiger partial charge on any atom is -0.342 e. The zero-order chi connectivity index (χ0) is 10.8. The second-order valence-electron chi connectivity index (χ2n) is 3.34. The highest BCUT2D eigenvalue weighted by atomic mass is 32.2. The topological polar surface area (TPSA) is 74.7 Å². The van der Waals surface area contributed by atoms with E-state index in [1.165, 1.54) is 0 Å². The van der Waals surface area contributed by atoms with Crippen LogP contribution in [0.25, 0.3) is 0 Å². The molecule has 1 rings (SSSR count). The molecule has 1 amide bonds. The van der Waals surface area contributed by atoms with Gasteiger partial charge in [0.1, 0.15) is 0 Å². The number of hydrogen-bond donors (Lipinski definition) is 2. The number of thiol groups is 1. The third-order valence-electron chi connectivity index (χ3n) is 2.02. The smallest absolute Gasteiger partial charge is 0.264 e. The van der Waals surface area contributed by atoms with Crippen molar-refractivity contribution < 1.29 is 17.8 Å². The summed E-state index contributed by atoms with van der Waals surface area (Å²) in [5, 5.41) is 0.0493. The van der Waals surface area contributed by atoms with Crippen LogP contribution in [0, 0.1) is 0 Å². The lowest BCUT2D eigenvalue weighted by Gasteiger charge is -2.14. The van der Waals surface area contributed by atoms with Gasteiger partial charge >= 0.3 is 0 Å². The van der Waals surface area contributed by atoms with Gasteiger partial charge in [0.2, 0.25) is 5.91 Å². The van der Waals surface area contributed by atoms with Crippen molar-refractivity contribution >= 4 is 28.7 Å². The normalized spacial score (nSPS) is 23.1. The van der Waals surface area contributed by atoms with Crippen LogP contribution in [0.3, 0.4) is 0 Å². The summed E-state index contributed by atoms with van der Waals surface area (Å²) in [6.07, 6.45) is 0.681. The second kappa shape index (κ2) is 4.50. The monoisotopic (exact) mass is 239 g/mol. The first-order valence-electron chi connectivity index (χ1n) is 4.29. The first-order valence-corrected chi connectivity index (χ1v) is 6.42. The Morgan fingerprint density at radius 3 is 2.64 bits per heavy atom. The summed E-state index contributed by atoms with van der Waals surface area (Å²) in [5.41, 5.74) is 0. The van der Waals surface area contributed by atoms with Gasteiger partial charge in [-0.1, -0.05) is 0 Å². The third-order valence-corrected chi connectivity index (χ3v) is 3.17. The van der Waals surface area contributed by atoms with Crippen molar-refractivity contribution in [3.8, 4) is 0 Å². The minimum atomic E-state index is -3.90. The maximum atomic E-state index is 11.2. The molecule has 14 heavy (non-hydrogen) atoms. The Morgan fingerprint density at radius 1 is 1.57 bits per heavy atom. The van der Waals surface area contributed by atoms with E-state index in [0.717, 1.165) is 0 Å². The number of amides is 1. The van der Waals surface area contributed by atoms with Gasteiger partial charge in [0, 0.05) is 24.8 Å². The predicted octanol–water partition coefficient (Wildman–Crippen LogP) is -0.205. The molecule has 1 heterocycles. The first-order chi connectivity index (χ1) is 6.38. The number of rotatable bonds is 4. The van der Waals surface area contributed by atoms with Gasteiger partial charge in [0.05, 0.1) is 5.75 Å². The van der Waals surface area contributed by atoms with Crippen molar-refractivity contribution in [3.63, 3.8) is 0 Å². The molecule has 0 radical (unpaired) electrons. The van der Waals surface area contributed by atoms with E-state index >= 15 is 0 Å². The Hall–Kier alpha value is -0.270. The minimum absolute atomic E-state index is 0.000313. The largest absolute Gasteiger partial charge is 0.342 e. The summed E-state index contributed by atoms with van der Waals surface area (Å²) >= 11 is 4.16. The summed E-state index contributed by atoms with van der Waals surface area (Å²) in [6, 6.07) is 0. The molecule has 0 aromatic rings. The molecule has 82 valence electrons. The van der Waals surface area contributed by atoms with E-state index in [1.54, 1.807) is 4.90 Å². The molecule has 1 atom stereocenters. The van der Waals surface area contributed by atoms with Crippen molar-refractivity contribution in [1.29, 1.82) is 0 Å². The highest BCUT2D eigenvalue weighted by Crippen LogP contribution is 2.15. The molecule has 1 unspecified atom stereocenters. The molecule has 1 saturated heterocycles. The van der Waals surface area contributed by atoms with Gasteiger partial charge in [-0.05, 0) is 6.42 Å². The molecule has 1 aliphatic rings. The number of likely N-dealkylation sites (tertiary alicyclic amines) is 1. The zero-order valence-electron chi connectivity index (χ0n) is 7.59. The SMILES string of the molecule is O=C1CC(S)CN1CCCS(=O)(=O)O. The fraction of sp³-hybridized carbons (Fsp3) is 0.857. The Balaban J connectivity index is 2.29. The lowest BCUT2D eigenvalue weighted by atomic mass is 10.4. The van der Waals surface area contributed by atoms with Gasteiger partial charge in [-0.2, -0.15) is 21.0 Å². The molecular formula is C7H13NO4S2. The maximum Gasteiger partial charge on any atom is 0.264 e. The molecule has 0 bridgehead atoms. The van der Waals surface area contributed by atoms with Gasteiger partial charge in [0.15, 0.2) is 0 Å². The van der Waals surface area contributed by atoms with E-state index < -0.39 is 10.1 Å². The summed E-state index contributed by atoms with van der Waals surface area (Å²) < 4.78 is 29.2.